The van der Waals surface area contributed by atoms with Crippen LogP contribution in [-0.2, 0) is 0 Å². The highest BCUT2D eigenvalue weighted by molar-refractivity contribution is 7.92. The van der Waals surface area contributed by atoms with Gasteiger partial charge in [0.15, 0.2) is 0 Å². The topological polar surface area (TPSA) is 0 Å². The van der Waals surface area contributed by atoms with Crippen LogP contribution in [0.15, 0.2) is 36.3 Å². The average molecular weight is 124 g/mol. The van der Waals surface area contributed by atoms with E-state index >= 15 is 0 Å². The first-order chi connectivity index (χ1) is 3.81. The predicted octanol–water partition coefficient (Wildman–Crippen LogP) is 2.56. The first-order valence-electron chi connectivity index (χ1n) is 2.16. The van der Waals surface area contributed by atoms with Gasteiger partial charge < -0.3 is 0 Å². The zero-order chi connectivity index (χ0) is 6.41. The molecule has 0 aliphatic rings. The van der Waals surface area contributed by atoms with Gasteiger partial charge in [-0.15, -0.1) is 16.9 Å². The molecule has 8 heavy (non-hydrogen) atoms. The second kappa shape index (κ2) is 4.38. The number of rotatable bonds is 2. The molecule has 0 radical (unpaired) electrons. The second-order valence-corrected chi connectivity index (χ2v) is 1.94. The Labute approximate surface area is 53.8 Å². The molecule has 1 heteroatoms. The average Bonchev–Trinajstić information content (AvgIpc) is 1.83. The third kappa shape index (κ3) is 3.41. The van der Waals surface area contributed by atoms with E-state index in [4.69, 9.17) is 5.69 Å². The fourth-order valence-corrected chi connectivity index (χ4v) is 0.372. The van der Waals surface area contributed by atoms with Crippen LogP contribution in [0.3, 0.4) is 0 Å². The fraction of sp³-hybridized carbons (Fsp3) is 0. The van der Waals surface area contributed by atoms with Crippen LogP contribution in [0.4, 0.5) is 0 Å². The molecule has 0 saturated carbocycles. The van der Waals surface area contributed by atoms with Gasteiger partial charge in [0.25, 0.3) is 0 Å². The molecule has 0 aromatic carbocycles. The van der Waals surface area contributed by atoms with E-state index in [0.717, 1.165) is 16.1 Å². The Hall–Kier alpha value is -0.780. The van der Waals surface area contributed by atoms with Gasteiger partial charge in [-0.25, -0.2) is 0 Å². The van der Waals surface area contributed by atoms with Gasteiger partial charge in [-0.3, -0.25) is 0 Å². The number of hydrogen-bond donors (Lipinski definition) is 0. The summed E-state index contributed by atoms with van der Waals surface area (Å²) in [6, 6.07) is 0. The highest BCUT2D eigenvalue weighted by Gasteiger charge is 1.70. The normalized spacial score (nSPS) is 8.88. The van der Waals surface area contributed by atoms with E-state index in [1.54, 1.807) is 18.2 Å². The summed E-state index contributed by atoms with van der Waals surface area (Å²) in [6.45, 7) is 7.10. The monoisotopic (exact) mass is 124 g/mol. The molecule has 42 valence electrons. The summed E-state index contributed by atoms with van der Waals surface area (Å²) in [5, 5.41) is 0. The van der Waals surface area contributed by atoms with Crippen molar-refractivity contribution < 1.29 is 0 Å². The second-order valence-electron chi connectivity index (χ2n) is 1.18. The third-order valence-corrected chi connectivity index (χ3v) is 1.01. The Morgan fingerprint density at radius 3 is 2.62 bits per heavy atom. The van der Waals surface area contributed by atoms with Gasteiger partial charge in [0.05, 0.1) is 0 Å². The summed E-state index contributed by atoms with van der Waals surface area (Å²) in [6.07, 6.45) is 5.28. The van der Waals surface area contributed by atoms with Crippen molar-refractivity contribution in [3.05, 3.63) is 36.3 Å². The van der Waals surface area contributed by atoms with Crippen molar-refractivity contribution in [1.82, 2.24) is 0 Å². The molecule has 0 N–H and O–H groups in total. The smallest absolute Gasteiger partial charge is 0.0276 e. The zero-order valence-corrected chi connectivity index (χ0v) is 5.45. The van der Waals surface area contributed by atoms with Crippen molar-refractivity contribution >= 4 is 11.2 Å². The minimum absolute atomic E-state index is 0.838. The SMILES string of the molecule is C#SC(=C)/C=C\C=C. The van der Waals surface area contributed by atoms with Gasteiger partial charge in [0.2, 0.25) is 0 Å². The molecule has 0 nitrogen and oxygen atoms in total. The van der Waals surface area contributed by atoms with Crippen molar-refractivity contribution in [3.63, 3.8) is 0 Å². The Bertz CT molecular complexity index is 158. The molecule has 0 atom stereocenters. The first-order valence-corrected chi connectivity index (χ1v) is 3.04. The van der Waals surface area contributed by atoms with Crippen LogP contribution in [0.1, 0.15) is 0 Å². The van der Waals surface area contributed by atoms with Crippen molar-refractivity contribution in [1.29, 1.82) is 0 Å². The number of allylic oxidation sites excluding steroid dienone is 3. The third-order valence-electron chi connectivity index (χ3n) is 0.570. The quantitative estimate of drug-likeness (QED) is 0.496. The van der Waals surface area contributed by atoms with Crippen LogP contribution in [0.5, 0.6) is 0 Å². The fourth-order valence-electron chi connectivity index (χ4n) is 0.215. The summed E-state index contributed by atoms with van der Waals surface area (Å²) < 4.78 is 0. The maximum atomic E-state index is 5.14. The predicted molar refractivity (Wildman–Crippen MR) is 41.0 cm³/mol. The minimum atomic E-state index is 0.838. The lowest BCUT2D eigenvalue weighted by atomic mass is 10.5. The Morgan fingerprint density at radius 2 is 2.25 bits per heavy atom. The van der Waals surface area contributed by atoms with Gasteiger partial charge in [0.1, 0.15) is 0 Å². The van der Waals surface area contributed by atoms with E-state index in [1.165, 1.54) is 0 Å². The standard InChI is InChI=1S/C7H8S/c1-4-5-6-7(2)8-3/h3-6H,1-2H2/b6-5-. The molecular formula is C7H8S. The molecule has 0 unspecified atom stereocenters. The van der Waals surface area contributed by atoms with Crippen molar-refractivity contribution in [2.24, 2.45) is 0 Å². The Kier molecular flexibility index (Phi) is 3.95. The molecule has 0 spiro atoms. The zero-order valence-electron chi connectivity index (χ0n) is 4.63. The van der Waals surface area contributed by atoms with Crippen LogP contribution >= 0.6 is 11.2 Å². The summed E-state index contributed by atoms with van der Waals surface area (Å²) in [4.78, 5) is 0.838. The van der Waals surface area contributed by atoms with Crippen molar-refractivity contribution in [2.45, 2.75) is 0 Å². The molecule has 0 heterocycles. The Balaban J connectivity index is 3.75. The van der Waals surface area contributed by atoms with E-state index < -0.39 is 0 Å². The molecule has 0 fully saturated rings. The van der Waals surface area contributed by atoms with E-state index in [2.05, 4.69) is 13.2 Å². The molecule has 0 saturated heterocycles. The van der Waals surface area contributed by atoms with Crippen LogP contribution in [0, 0.1) is 5.69 Å². The van der Waals surface area contributed by atoms with Gasteiger partial charge in [-0.05, 0) is 6.08 Å². The molecule has 0 aliphatic heterocycles. The highest BCUT2D eigenvalue weighted by Crippen LogP contribution is 1.99. The van der Waals surface area contributed by atoms with E-state index in [1.807, 2.05) is 0 Å². The summed E-state index contributed by atoms with van der Waals surface area (Å²) in [5.41, 5.74) is 5.14. The molecular weight excluding hydrogens is 116 g/mol. The van der Waals surface area contributed by atoms with Gasteiger partial charge in [0, 0.05) is 4.91 Å². The maximum Gasteiger partial charge on any atom is 0.0276 e. The van der Waals surface area contributed by atoms with Crippen molar-refractivity contribution in [2.75, 3.05) is 0 Å². The van der Waals surface area contributed by atoms with Crippen molar-refractivity contribution in [3.8, 4) is 5.69 Å². The Morgan fingerprint density at radius 1 is 1.62 bits per heavy atom. The lowest BCUT2D eigenvalue weighted by Crippen LogP contribution is -1.52. The van der Waals surface area contributed by atoms with Crippen LogP contribution in [0.25, 0.3) is 0 Å². The van der Waals surface area contributed by atoms with E-state index in [-0.39, 0.29) is 0 Å². The van der Waals surface area contributed by atoms with Gasteiger partial charge in [-0.2, -0.15) is 0 Å². The van der Waals surface area contributed by atoms with Gasteiger partial charge in [-0.1, -0.05) is 25.3 Å². The summed E-state index contributed by atoms with van der Waals surface area (Å²) >= 11 is 1.14. The molecule has 0 aromatic heterocycles. The summed E-state index contributed by atoms with van der Waals surface area (Å²) in [7, 11) is 0. The van der Waals surface area contributed by atoms with Crippen LogP contribution in [0.2, 0.25) is 0 Å². The highest BCUT2D eigenvalue weighted by atomic mass is 32.1. The number of hydrogen-bond acceptors (Lipinski definition) is 0. The lowest BCUT2D eigenvalue weighted by Gasteiger charge is -1.77. The minimum Gasteiger partial charge on any atom is -0.102 e. The first kappa shape index (κ1) is 7.22. The van der Waals surface area contributed by atoms with Gasteiger partial charge >= 0.3 is 0 Å². The van der Waals surface area contributed by atoms with E-state index in [9.17, 15) is 0 Å². The molecule has 0 aliphatic carbocycles. The molecule has 0 aromatic rings. The largest absolute Gasteiger partial charge is 0.102 e. The van der Waals surface area contributed by atoms with Crippen LogP contribution in [-0.4, -0.2) is 0 Å². The van der Waals surface area contributed by atoms with E-state index in [0.29, 0.717) is 0 Å². The summed E-state index contributed by atoms with van der Waals surface area (Å²) in [5.74, 6) is 0. The molecule has 0 amide bonds. The lowest BCUT2D eigenvalue weighted by molar-refractivity contribution is 1.94. The van der Waals surface area contributed by atoms with Crippen LogP contribution < -0.4 is 0 Å². The molecule has 0 rings (SSSR count). The molecule has 0 bridgehead atoms. The maximum absolute atomic E-state index is 5.14.